The minimum absolute atomic E-state index is 0. The molecule has 1 aliphatic heterocycles. The van der Waals surface area contributed by atoms with Crippen molar-refractivity contribution in [2.75, 3.05) is 13.1 Å². The summed E-state index contributed by atoms with van der Waals surface area (Å²) in [5, 5.41) is 1.54. The molecule has 38 heavy (non-hydrogen) atoms. The van der Waals surface area contributed by atoms with Crippen LogP contribution in [0.2, 0.25) is 10.0 Å². The van der Waals surface area contributed by atoms with Crippen molar-refractivity contribution in [1.29, 1.82) is 0 Å². The van der Waals surface area contributed by atoms with Crippen molar-refractivity contribution < 1.29 is 9.53 Å². The highest BCUT2D eigenvalue weighted by atomic mass is 35.5. The van der Waals surface area contributed by atoms with E-state index in [0.717, 1.165) is 22.9 Å². The number of carbonyl (C=O) groups excluding carboxylic acids is 1. The third-order valence-corrected chi connectivity index (χ3v) is 8.18. The summed E-state index contributed by atoms with van der Waals surface area (Å²) in [5.74, 6) is 0. The van der Waals surface area contributed by atoms with E-state index in [0.29, 0.717) is 13.1 Å². The smallest absolute Gasteiger partial charge is 0.410 e. The van der Waals surface area contributed by atoms with Crippen LogP contribution in [0.4, 0.5) is 4.79 Å². The number of rotatable bonds is 4. The molecule has 5 heteroatoms. The molecule has 0 aromatic heterocycles. The van der Waals surface area contributed by atoms with Crippen molar-refractivity contribution >= 4 is 29.3 Å². The van der Waals surface area contributed by atoms with Crippen molar-refractivity contribution in [3.05, 3.63) is 95.0 Å². The number of hydrogen-bond acceptors (Lipinski definition) is 2. The van der Waals surface area contributed by atoms with Gasteiger partial charge < -0.3 is 9.64 Å². The lowest BCUT2D eigenvalue weighted by Crippen LogP contribution is -2.46. The maximum Gasteiger partial charge on any atom is 0.410 e. The molecule has 208 valence electrons. The second-order valence-corrected chi connectivity index (χ2v) is 12.1. The largest absolute Gasteiger partial charge is 0.444 e. The summed E-state index contributed by atoms with van der Waals surface area (Å²) in [6, 6.07) is 16.2. The number of likely N-dealkylation sites (tertiary alicyclic amines) is 1. The third kappa shape index (κ3) is 8.13. The average molecular weight is 559 g/mol. The Labute approximate surface area is 240 Å². The molecule has 4 rings (SSSR count). The number of benzene rings is 2. The Kier molecular flexibility index (Phi) is 11.5. The molecule has 2 aromatic rings. The van der Waals surface area contributed by atoms with Gasteiger partial charge in [0.1, 0.15) is 5.60 Å². The molecule has 1 aliphatic carbocycles. The maximum absolute atomic E-state index is 12.2. The van der Waals surface area contributed by atoms with E-state index in [4.69, 9.17) is 27.9 Å². The van der Waals surface area contributed by atoms with Crippen LogP contribution in [0, 0.1) is 0 Å². The molecular weight excluding hydrogens is 513 g/mol. The van der Waals surface area contributed by atoms with Crippen LogP contribution in [-0.2, 0) is 15.6 Å². The molecule has 2 aromatic carbocycles. The Morgan fingerprint density at radius 1 is 0.789 bits per heavy atom. The normalized spacial score (nSPS) is 18.2. The van der Waals surface area contributed by atoms with Crippen LogP contribution in [0.15, 0.2) is 73.8 Å². The zero-order valence-corrected chi connectivity index (χ0v) is 24.1. The first-order valence-corrected chi connectivity index (χ1v) is 14.1. The maximum atomic E-state index is 12.2. The molecule has 0 radical (unpaired) electrons. The van der Waals surface area contributed by atoms with E-state index in [1.165, 1.54) is 43.2 Å². The van der Waals surface area contributed by atoms with Crippen LogP contribution < -0.4 is 0 Å². The predicted octanol–water partition coefficient (Wildman–Crippen LogP) is 10.2. The van der Waals surface area contributed by atoms with Crippen molar-refractivity contribution in [2.24, 2.45) is 0 Å². The number of amides is 1. The Balaban J connectivity index is 0.000000277. The molecule has 2 fully saturated rings. The van der Waals surface area contributed by atoms with Crippen LogP contribution in [0.3, 0.4) is 0 Å². The molecule has 2 aliphatic rings. The third-order valence-electron chi connectivity index (χ3n) is 7.67. The summed E-state index contributed by atoms with van der Waals surface area (Å²) in [7, 11) is 0. The molecule has 3 nitrogen and oxygen atoms in total. The monoisotopic (exact) mass is 557 g/mol. The number of ether oxygens (including phenoxy) is 1. The highest BCUT2D eigenvalue weighted by Gasteiger charge is 2.36. The minimum atomic E-state index is -0.458. The van der Waals surface area contributed by atoms with Gasteiger partial charge in [-0.1, -0.05) is 86.3 Å². The van der Waals surface area contributed by atoms with Crippen LogP contribution in [0.5, 0.6) is 0 Å². The highest BCUT2D eigenvalue weighted by molar-refractivity contribution is 6.30. The number of halogens is 2. The molecule has 1 amide bonds. The quantitative estimate of drug-likeness (QED) is 0.350. The fourth-order valence-electron chi connectivity index (χ4n) is 5.38. The van der Waals surface area contributed by atoms with E-state index in [1.807, 2.05) is 63.2 Å². The minimum Gasteiger partial charge on any atom is -0.444 e. The van der Waals surface area contributed by atoms with Gasteiger partial charge in [0.15, 0.2) is 0 Å². The summed E-state index contributed by atoms with van der Waals surface area (Å²) >= 11 is 11.9. The zero-order chi connectivity index (χ0) is 27.1. The fraction of sp³-hybridized carbons (Fsp3) is 0.485. The second kappa shape index (κ2) is 13.7. The van der Waals surface area contributed by atoms with Gasteiger partial charge >= 0.3 is 6.09 Å². The number of nitrogens with zero attached hydrogens (tertiary/aromatic N) is 1. The molecule has 1 saturated carbocycles. The molecular formula is C33H45Cl2NO2. The van der Waals surface area contributed by atoms with Crippen molar-refractivity contribution in [3.8, 4) is 0 Å². The molecule has 1 heterocycles. The molecule has 1 saturated heterocycles. The number of hydrogen-bond donors (Lipinski definition) is 0. The van der Waals surface area contributed by atoms with Crippen LogP contribution in [0.1, 0.15) is 84.3 Å². The van der Waals surface area contributed by atoms with E-state index in [2.05, 4.69) is 31.4 Å². The van der Waals surface area contributed by atoms with Gasteiger partial charge in [-0.05, 0) is 81.8 Å². The highest BCUT2D eigenvalue weighted by Crippen LogP contribution is 2.40. The average Bonchev–Trinajstić information content (AvgIpc) is 2.89. The lowest BCUT2D eigenvalue weighted by molar-refractivity contribution is 0.0183. The molecule has 0 spiro atoms. The first-order valence-electron chi connectivity index (χ1n) is 13.3. The van der Waals surface area contributed by atoms with E-state index < -0.39 is 5.60 Å². The molecule has 0 N–H and O–H groups in total. The summed E-state index contributed by atoms with van der Waals surface area (Å²) < 4.78 is 5.44. The lowest BCUT2D eigenvalue weighted by atomic mass is 9.70. The fourth-order valence-corrected chi connectivity index (χ4v) is 5.63. The predicted molar refractivity (Wildman–Crippen MR) is 164 cm³/mol. The Morgan fingerprint density at radius 3 is 1.55 bits per heavy atom. The van der Waals surface area contributed by atoms with E-state index in [-0.39, 0.29) is 24.3 Å². The van der Waals surface area contributed by atoms with Crippen molar-refractivity contribution in [1.82, 2.24) is 4.90 Å². The van der Waals surface area contributed by atoms with E-state index in [1.54, 1.807) is 4.90 Å². The molecule has 0 atom stereocenters. The van der Waals surface area contributed by atoms with Gasteiger partial charge in [-0.2, -0.15) is 0 Å². The van der Waals surface area contributed by atoms with Gasteiger partial charge in [0.25, 0.3) is 0 Å². The van der Waals surface area contributed by atoms with E-state index in [9.17, 15) is 4.79 Å². The summed E-state index contributed by atoms with van der Waals surface area (Å²) in [6.45, 7) is 15.0. The van der Waals surface area contributed by atoms with Crippen LogP contribution in [-0.4, -0.2) is 29.7 Å². The van der Waals surface area contributed by atoms with Gasteiger partial charge in [0.05, 0.1) is 0 Å². The summed E-state index contributed by atoms with van der Waals surface area (Å²) in [6.07, 6.45) is 12.1. The Hall–Kier alpha value is -2.23. The standard InChI is InChI=1S/C18H24ClNO2.C14H17Cl.CH4/c1-5-18(14-6-8-15(19)9-7-14)10-12-20(13-11-18)16(21)22-17(2,3)4;1-2-14(10-4-3-5-11-14)12-6-8-13(15)9-7-12;/h5-9H,1,10-13H2,2-4H3;2,6-9H,1,3-5,10-11H2;1H4. The first kappa shape index (κ1) is 32.0. The Morgan fingerprint density at radius 2 is 1.18 bits per heavy atom. The lowest BCUT2D eigenvalue weighted by Gasteiger charge is -2.40. The van der Waals surface area contributed by atoms with Gasteiger partial charge in [-0.25, -0.2) is 4.79 Å². The SMILES string of the molecule is C.C=CC1(c2ccc(Cl)cc2)CCCCC1.C=CC1(c2ccc(Cl)cc2)CCN(C(=O)OC(C)(C)C)CC1. The van der Waals surface area contributed by atoms with Crippen LogP contribution in [0.25, 0.3) is 0 Å². The number of carbonyl (C=O) groups is 1. The number of piperidine rings is 1. The zero-order valence-electron chi connectivity index (χ0n) is 22.6. The summed E-state index contributed by atoms with van der Waals surface area (Å²) in [4.78, 5) is 13.9. The second-order valence-electron chi connectivity index (χ2n) is 11.3. The Bertz CT molecular complexity index is 1040. The molecule has 0 bridgehead atoms. The topological polar surface area (TPSA) is 29.5 Å². The van der Waals surface area contributed by atoms with Crippen molar-refractivity contribution in [3.63, 3.8) is 0 Å². The molecule has 0 unspecified atom stereocenters. The van der Waals surface area contributed by atoms with Crippen molar-refractivity contribution in [2.45, 2.75) is 89.6 Å². The van der Waals surface area contributed by atoms with Gasteiger partial charge in [0, 0.05) is 34.0 Å². The summed E-state index contributed by atoms with van der Waals surface area (Å²) in [5.41, 5.74) is 2.24. The van der Waals surface area contributed by atoms with Crippen LogP contribution >= 0.6 is 23.2 Å². The first-order chi connectivity index (χ1) is 17.5. The number of allylic oxidation sites excluding steroid dienone is 2. The van der Waals surface area contributed by atoms with Gasteiger partial charge in [-0.3, -0.25) is 0 Å². The van der Waals surface area contributed by atoms with E-state index >= 15 is 0 Å². The van der Waals surface area contributed by atoms with Gasteiger partial charge in [-0.15, -0.1) is 13.2 Å². The van der Waals surface area contributed by atoms with Gasteiger partial charge in [0.2, 0.25) is 0 Å².